The van der Waals surface area contributed by atoms with Gasteiger partial charge >= 0.3 is 6.03 Å². The van der Waals surface area contributed by atoms with Gasteiger partial charge in [-0.15, -0.1) is 17.9 Å². The molecular weight excluding hydrogens is 450 g/mol. The lowest BCUT2D eigenvalue weighted by Crippen LogP contribution is -2.44. The molecule has 0 atom stereocenters. The molecule has 0 saturated carbocycles. The lowest BCUT2D eigenvalue weighted by molar-refractivity contribution is -0.132. The molecule has 2 aromatic carbocycles. The van der Waals surface area contributed by atoms with Gasteiger partial charge in [-0.3, -0.25) is 4.79 Å². The second kappa shape index (κ2) is 10.9. The molecule has 0 bridgehead atoms. The van der Waals surface area contributed by atoms with E-state index in [-0.39, 0.29) is 31.8 Å². The number of rotatable bonds is 9. The molecule has 0 aliphatic carbocycles. The standard InChI is InChI=1S/C26H27N3O4S/c1-3-12-28(26(31)27-21-9-6-19(2)7-10-21)17-25(30)29(16-22-5-4-13-34-22)15-20-8-11-23-24(14-20)33-18-32-23/h3-11,13-14H,1,12,15-18H2,2H3,(H,27,31). The number of benzene rings is 2. The number of nitrogens with zero attached hydrogens (tertiary/aromatic N) is 2. The summed E-state index contributed by atoms with van der Waals surface area (Å²) in [5, 5.41) is 4.85. The Labute approximate surface area is 203 Å². The van der Waals surface area contributed by atoms with Crippen molar-refractivity contribution < 1.29 is 19.1 Å². The van der Waals surface area contributed by atoms with Gasteiger partial charge in [-0.2, -0.15) is 0 Å². The van der Waals surface area contributed by atoms with Crippen LogP contribution in [-0.4, -0.2) is 41.6 Å². The van der Waals surface area contributed by atoms with E-state index in [1.807, 2.05) is 66.9 Å². The van der Waals surface area contributed by atoms with Crippen molar-refractivity contribution in [2.24, 2.45) is 0 Å². The van der Waals surface area contributed by atoms with E-state index in [0.717, 1.165) is 16.0 Å². The SMILES string of the molecule is C=CCN(CC(=O)N(Cc1ccc2c(c1)OCO2)Cc1cccs1)C(=O)Nc1ccc(C)cc1. The van der Waals surface area contributed by atoms with Crippen LogP contribution >= 0.6 is 11.3 Å². The highest BCUT2D eigenvalue weighted by molar-refractivity contribution is 7.09. The molecule has 0 unspecified atom stereocenters. The lowest BCUT2D eigenvalue weighted by atomic mass is 10.2. The van der Waals surface area contributed by atoms with E-state index in [0.29, 0.717) is 30.3 Å². The third-order valence-corrected chi connectivity index (χ3v) is 6.22. The highest BCUT2D eigenvalue weighted by Crippen LogP contribution is 2.33. The van der Waals surface area contributed by atoms with Gasteiger partial charge in [0.25, 0.3) is 0 Å². The monoisotopic (exact) mass is 477 g/mol. The third-order valence-electron chi connectivity index (χ3n) is 5.36. The minimum atomic E-state index is -0.351. The van der Waals surface area contributed by atoms with Crippen LogP contribution in [0.4, 0.5) is 10.5 Å². The average molecular weight is 478 g/mol. The molecule has 1 N–H and O–H groups in total. The number of aryl methyl sites for hydroxylation is 1. The van der Waals surface area contributed by atoms with Crippen LogP contribution in [0.25, 0.3) is 0 Å². The van der Waals surface area contributed by atoms with Crippen LogP contribution in [0.2, 0.25) is 0 Å². The van der Waals surface area contributed by atoms with E-state index >= 15 is 0 Å². The molecule has 7 nitrogen and oxygen atoms in total. The van der Waals surface area contributed by atoms with E-state index in [2.05, 4.69) is 11.9 Å². The predicted octanol–water partition coefficient (Wildman–Crippen LogP) is 5.03. The molecule has 1 aliphatic rings. The van der Waals surface area contributed by atoms with E-state index in [4.69, 9.17) is 9.47 Å². The first-order valence-electron chi connectivity index (χ1n) is 10.9. The van der Waals surface area contributed by atoms with Crippen LogP contribution in [-0.2, 0) is 17.9 Å². The number of ether oxygens (including phenoxy) is 2. The van der Waals surface area contributed by atoms with Crippen LogP contribution in [0.5, 0.6) is 11.5 Å². The summed E-state index contributed by atoms with van der Waals surface area (Å²) in [5.74, 6) is 1.21. The maximum Gasteiger partial charge on any atom is 0.322 e. The van der Waals surface area contributed by atoms with Crippen molar-refractivity contribution in [3.63, 3.8) is 0 Å². The second-order valence-electron chi connectivity index (χ2n) is 7.98. The number of hydrogen-bond donors (Lipinski definition) is 1. The highest BCUT2D eigenvalue weighted by Gasteiger charge is 2.23. The third kappa shape index (κ3) is 5.96. The predicted molar refractivity (Wildman–Crippen MR) is 133 cm³/mol. The van der Waals surface area contributed by atoms with Gasteiger partial charge in [0.2, 0.25) is 12.7 Å². The van der Waals surface area contributed by atoms with E-state index in [9.17, 15) is 9.59 Å². The number of nitrogens with one attached hydrogen (secondary N) is 1. The van der Waals surface area contributed by atoms with Crippen molar-refractivity contribution in [1.29, 1.82) is 0 Å². The van der Waals surface area contributed by atoms with E-state index in [1.165, 1.54) is 4.90 Å². The van der Waals surface area contributed by atoms with Crippen molar-refractivity contribution >= 4 is 29.0 Å². The first-order valence-corrected chi connectivity index (χ1v) is 11.8. The number of thiophene rings is 1. The van der Waals surface area contributed by atoms with Crippen molar-refractivity contribution in [2.75, 3.05) is 25.2 Å². The molecule has 0 saturated heterocycles. The Balaban J connectivity index is 1.48. The molecular formula is C26H27N3O4S. The molecule has 3 amide bonds. The summed E-state index contributed by atoms with van der Waals surface area (Å²) in [4.78, 5) is 30.6. The van der Waals surface area contributed by atoms with Crippen molar-refractivity contribution in [2.45, 2.75) is 20.0 Å². The Hall–Kier alpha value is -3.78. The summed E-state index contributed by atoms with van der Waals surface area (Å²) in [6.07, 6.45) is 1.61. The van der Waals surface area contributed by atoms with Gasteiger partial charge < -0.3 is 24.6 Å². The Kier molecular flexibility index (Phi) is 7.49. The van der Waals surface area contributed by atoms with Gasteiger partial charge in [0.05, 0.1) is 6.54 Å². The van der Waals surface area contributed by atoms with Crippen LogP contribution in [0.1, 0.15) is 16.0 Å². The molecule has 176 valence electrons. The summed E-state index contributed by atoms with van der Waals surface area (Å²) < 4.78 is 10.9. The molecule has 8 heteroatoms. The van der Waals surface area contributed by atoms with Crippen molar-refractivity contribution in [3.05, 3.63) is 88.6 Å². The summed E-state index contributed by atoms with van der Waals surface area (Å²) >= 11 is 1.59. The summed E-state index contributed by atoms with van der Waals surface area (Å²) in [5.41, 5.74) is 2.70. The molecule has 2 heterocycles. The zero-order chi connectivity index (χ0) is 23.9. The summed E-state index contributed by atoms with van der Waals surface area (Å²) in [6.45, 7) is 6.94. The fourth-order valence-corrected chi connectivity index (χ4v) is 4.28. The minimum absolute atomic E-state index is 0.0698. The number of carbonyl (C=O) groups excluding carboxylic acids is 2. The Morgan fingerprint density at radius 2 is 1.85 bits per heavy atom. The number of urea groups is 1. The van der Waals surface area contributed by atoms with E-state index in [1.54, 1.807) is 22.3 Å². The van der Waals surface area contributed by atoms with E-state index < -0.39 is 0 Å². The first kappa shape index (κ1) is 23.4. The van der Waals surface area contributed by atoms with Gasteiger partial charge in [-0.05, 0) is 48.2 Å². The Morgan fingerprint density at radius 3 is 2.59 bits per heavy atom. The molecule has 1 aliphatic heterocycles. The molecule has 0 fully saturated rings. The van der Waals surface area contributed by atoms with Gasteiger partial charge in [-0.25, -0.2) is 4.79 Å². The Morgan fingerprint density at radius 1 is 1.06 bits per heavy atom. The van der Waals surface area contributed by atoms with Crippen LogP contribution in [0, 0.1) is 6.92 Å². The van der Waals surface area contributed by atoms with Crippen LogP contribution < -0.4 is 14.8 Å². The molecule has 3 aromatic rings. The fraction of sp³-hybridized carbons (Fsp3) is 0.231. The number of fused-ring (bicyclic) bond motifs is 1. The minimum Gasteiger partial charge on any atom is -0.454 e. The Bertz CT molecular complexity index is 1150. The van der Waals surface area contributed by atoms with Crippen molar-refractivity contribution in [3.8, 4) is 11.5 Å². The van der Waals surface area contributed by atoms with Gasteiger partial charge in [-0.1, -0.05) is 35.9 Å². The second-order valence-corrected chi connectivity index (χ2v) is 9.01. The van der Waals surface area contributed by atoms with Crippen LogP contribution in [0.3, 0.4) is 0 Å². The summed E-state index contributed by atoms with van der Waals surface area (Å²) in [6, 6.07) is 16.8. The van der Waals surface area contributed by atoms with Crippen molar-refractivity contribution in [1.82, 2.24) is 9.80 Å². The lowest BCUT2D eigenvalue weighted by Gasteiger charge is -2.27. The highest BCUT2D eigenvalue weighted by atomic mass is 32.1. The number of anilines is 1. The maximum absolute atomic E-state index is 13.4. The van der Waals surface area contributed by atoms with Crippen LogP contribution in [0.15, 0.2) is 72.6 Å². The molecule has 34 heavy (non-hydrogen) atoms. The largest absolute Gasteiger partial charge is 0.454 e. The van der Waals surface area contributed by atoms with Gasteiger partial charge in [0.15, 0.2) is 11.5 Å². The molecule has 0 radical (unpaired) electrons. The normalized spacial score (nSPS) is 11.7. The van der Waals surface area contributed by atoms with Gasteiger partial charge in [0, 0.05) is 23.7 Å². The van der Waals surface area contributed by atoms with Gasteiger partial charge in [0.1, 0.15) is 6.54 Å². The number of hydrogen-bond acceptors (Lipinski definition) is 5. The zero-order valence-electron chi connectivity index (χ0n) is 19.0. The smallest absolute Gasteiger partial charge is 0.322 e. The molecule has 0 spiro atoms. The number of carbonyl (C=O) groups is 2. The maximum atomic E-state index is 13.4. The quantitative estimate of drug-likeness (QED) is 0.439. The molecule has 1 aromatic heterocycles. The zero-order valence-corrected chi connectivity index (χ0v) is 19.8. The topological polar surface area (TPSA) is 71.1 Å². The summed E-state index contributed by atoms with van der Waals surface area (Å²) in [7, 11) is 0. The number of amides is 3. The first-order chi connectivity index (χ1) is 16.5. The average Bonchev–Trinajstić information content (AvgIpc) is 3.51. The fourth-order valence-electron chi connectivity index (χ4n) is 3.56. The molecule has 4 rings (SSSR count).